The van der Waals surface area contributed by atoms with E-state index in [-0.39, 0.29) is 5.60 Å². The molecule has 2 aliphatic carbocycles. The molecule has 0 bridgehead atoms. The maximum atomic E-state index is 6.23. The molecule has 2 fully saturated rings. The molecule has 0 radical (unpaired) electrons. The number of hydrogen-bond acceptors (Lipinski definition) is 1. The summed E-state index contributed by atoms with van der Waals surface area (Å²) in [6, 6.07) is 0. The van der Waals surface area contributed by atoms with Crippen molar-refractivity contribution in [2.24, 2.45) is 5.92 Å². The minimum absolute atomic E-state index is 0.181. The number of ether oxygens (including phenoxy) is 1. The van der Waals surface area contributed by atoms with Crippen LogP contribution in [-0.2, 0) is 4.74 Å². The Labute approximate surface area is 108 Å². The Morgan fingerprint density at radius 1 is 1.06 bits per heavy atom. The first-order valence-corrected chi connectivity index (χ1v) is 8.17. The van der Waals surface area contributed by atoms with Crippen LogP contribution in [-0.4, -0.2) is 17.5 Å². The van der Waals surface area contributed by atoms with E-state index in [0.29, 0.717) is 0 Å². The van der Waals surface area contributed by atoms with Gasteiger partial charge in [0.2, 0.25) is 0 Å². The third-order valence-electron chi connectivity index (χ3n) is 4.12. The van der Waals surface area contributed by atoms with E-state index in [2.05, 4.69) is 15.9 Å². The molecule has 2 rings (SSSR count). The molecule has 0 atom stereocenters. The molecule has 0 amide bonds. The Morgan fingerprint density at radius 2 is 1.75 bits per heavy atom. The van der Waals surface area contributed by atoms with Crippen LogP contribution >= 0.6 is 15.9 Å². The Bertz CT molecular complexity index is 193. The molecule has 0 aromatic carbocycles. The predicted octanol–water partition coefficient (Wildman–Crippen LogP) is 4.68. The molecule has 2 saturated carbocycles. The summed E-state index contributed by atoms with van der Waals surface area (Å²) >= 11 is 3.67. The van der Waals surface area contributed by atoms with Gasteiger partial charge in [-0.2, -0.15) is 0 Å². The molecular weight excluding hydrogens is 264 g/mol. The van der Waals surface area contributed by atoms with Crippen molar-refractivity contribution in [3.8, 4) is 0 Å². The van der Waals surface area contributed by atoms with Gasteiger partial charge in [0, 0.05) is 11.9 Å². The van der Waals surface area contributed by atoms with Crippen molar-refractivity contribution in [2.45, 2.75) is 69.8 Å². The summed E-state index contributed by atoms with van der Waals surface area (Å²) in [6.45, 7) is 0.988. The fraction of sp³-hybridized carbons (Fsp3) is 1.00. The Balaban J connectivity index is 1.68. The zero-order chi connectivity index (χ0) is 11.3. The predicted molar refractivity (Wildman–Crippen MR) is 72.1 cm³/mol. The average molecular weight is 289 g/mol. The van der Waals surface area contributed by atoms with Crippen LogP contribution in [0.3, 0.4) is 0 Å². The molecule has 0 spiro atoms. The molecule has 94 valence electrons. The maximum absolute atomic E-state index is 6.23. The van der Waals surface area contributed by atoms with Gasteiger partial charge >= 0.3 is 0 Å². The van der Waals surface area contributed by atoms with Gasteiger partial charge < -0.3 is 4.74 Å². The monoisotopic (exact) mass is 288 g/mol. The SMILES string of the molecule is BrCC1(OCCCC2CC2)CCCCCC1. The Kier molecular flexibility index (Phi) is 5.15. The average Bonchev–Trinajstić information content (AvgIpc) is 3.13. The second-order valence-electron chi connectivity index (χ2n) is 5.66. The first-order valence-electron chi connectivity index (χ1n) is 7.05. The molecular formula is C14H25BrO. The van der Waals surface area contributed by atoms with Crippen molar-refractivity contribution in [2.75, 3.05) is 11.9 Å². The largest absolute Gasteiger partial charge is 0.374 e. The van der Waals surface area contributed by atoms with E-state index in [4.69, 9.17) is 4.74 Å². The van der Waals surface area contributed by atoms with Gasteiger partial charge in [-0.1, -0.05) is 54.5 Å². The normalized spacial score (nSPS) is 25.3. The van der Waals surface area contributed by atoms with Gasteiger partial charge in [0.15, 0.2) is 0 Å². The number of halogens is 1. The quantitative estimate of drug-likeness (QED) is 0.392. The van der Waals surface area contributed by atoms with Crippen LogP contribution in [0.5, 0.6) is 0 Å². The lowest BCUT2D eigenvalue weighted by Gasteiger charge is -2.31. The fourth-order valence-electron chi connectivity index (χ4n) is 2.76. The van der Waals surface area contributed by atoms with Crippen LogP contribution < -0.4 is 0 Å². The van der Waals surface area contributed by atoms with Gasteiger partial charge in [0.1, 0.15) is 0 Å². The van der Waals surface area contributed by atoms with Gasteiger partial charge in [0.25, 0.3) is 0 Å². The summed E-state index contributed by atoms with van der Waals surface area (Å²) in [5.74, 6) is 1.05. The summed E-state index contributed by atoms with van der Waals surface area (Å²) in [7, 11) is 0. The summed E-state index contributed by atoms with van der Waals surface area (Å²) in [4.78, 5) is 0. The second kappa shape index (κ2) is 6.39. The van der Waals surface area contributed by atoms with E-state index in [1.54, 1.807) is 0 Å². The molecule has 16 heavy (non-hydrogen) atoms. The van der Waals surface area contributed by atoms with Gasteiger partial charge in [-0.15, -0.1) is 0 Å². The first-order chi connectivity index (χ1) is 7.85. The smallest absolute Gasteiger partial charge is 0.0778 e. The van der Waals surface area contributed by atoms with Crippen molar-refractivity contribution >= 4 is 15.9 Å². The minimum Gasteiger partial charge on any atom is -0.374 e. The molecule has 0 unspecified atom stereocenters. The van der Waals surface area contributed by atoms with Crippen LogP contribution in [0.25, 0.3) is 0 Å². The van der Waals surface area contributed by atoms with Gasteiger partial charge in [-0.3, -0.25) is 0 Å². The van der Waals surface area contributed by atoms with Crippen molar-refractivity contribution in [3.63, 3.8) is 0 Å². The molecule has 0 heterocycles. The lowest BCUT2D eigenvalue weighted by atomic mass is 9.97. The Morgan fingerprint density at radius 3 is 2.31 bits per heavy atom. The summed E-state index contributed by atoms with van der Waals surface area (Å²) in [5.41, 5.74) is 0.181. The first kappa shape index (κ1) is 12.9. The van der Waals surface area contributed by atoms with Crippen LogP contribution in [0, 0.1) is 5.92 Å². The molecule has 2 aliphatic rings. The molecule has 0 aromatic rings. The summed E-state index contributed by atoms with van der Waals surface area (Å²) < 4.78 is 6.23. The standard InChI is InChI=1S/C14H25BrO/c15-12-14(9-3-1-2-4-10-14)16-11-5-6-13-7-8-13/h13H,1-12H2. The van der Waals surface area contributed by atoms with Crippen molar-refractivity contribution in [3.05, 3.63) is 0 Å². The van der Waals surface area contributed by atoms with Crippen molar-refractivity contribution in [1.29, 1.82) is 0 Å². The lowest BCUT2D eigenvalue weighted by Crippen LogP contribution is -2.34. The Hall–Kier alpha value is 0.440. The van der Waals surface area contributed by atoms with Crippen LogP contribution in [0.15, 0.2) is 0 Å². The van der Waals surface area contributed by atoms with E-state index in [0.717, 1.165) is 17.9 Å². The number of hydrogen-bond donors (Lipinski definition) is 0. The second-order valence-corrected chi connectivity index (χ2v) is 6.23. The van der Waals surface area contributed by atoms with Crippen molar-refractivity contribution < 1.29 is 4.74 Å². The van der Waals surface area contributed by atoms with Crippen LogP contribution in [0.1, 0.15) is 64.2 Å². The van der Waals surface area contributed by atoms with Crippen LogP contribution in [0.2, 0.25) is 0 Å². The topological polar surface area (TPSA) is 9.23 Å². The maximum Gasteiger partial charge on any atom is 0.0778 e. The highest BCUT2D eigenvalue weighted by molar-refractivity contribution is 9.09. The van der Waals surface area contributed by atoms with E-state index in [9.17, 15) is 0 Å². The molecule has 0 N–H and O–H groups in total. The summed E-state index contributed by atoms with van der Waals surface area (Å²) in [5, 5.41) is 1.03. The molecule has 0 saturated heterocycles. The minimum atomic E-state index is 0.181. The lowest BCUT2D eigenvalue weighted by molar-refractivity contribution is -0.0391. The third kappa shape index (κ3) is 4.03. The molecule has 0 aliphatic heterocycles. The summed E-state index contributed by atoms with van der Waals surface area (Å²) in [6.07, 6.45) is 13.7. The van der Waals surface area contributed by atoms with E-state index in [1.165, 1.54) is 64.2 Å². The zero-order valence-corrected chi connectivity index (χ0v) is 11.9. The van der Waals surface area contributed by atoms with Crippen molar-refractivity contribution in [1.82, 2.24) is 0 Å². The highest BCUT2D eigenvalue weighted by Crippen LogP contribution is 2.35. The van der Waals surface area contributed by atoms with E-state index >= 15 is 0 Å². The number of rotatable bonds is 6. The van der Waals surface area contributed by atoms with Gasteiger partial charge in [0.05, 0.1) is 5.60 Å². The number of alkyl halides is 1. The van der Waals surface area contributed by atoms with E-state index < -0.39 is 0 Å². The molecule has 0 aromatic heterocycles. The third-order valence-corrected chi connectivity index (χ3v) is 5.14. The highest BCUT2D eigenvalue weighted by atomic mass is 79.9. The zero-order valence-electron chi connectivity index (χ0n) is 10.3. The molecule has 1 nitrogen and oxygen atoms in total. The molecule has 2 heteroatoms. The van der Waals surface area contributed by atoms with Gasteiger partial charge in [-0.25, -0.2) is 0 Å². The van der Waals surface area contributed by atoms with Gasteiger partial charge in [-0.05, 0) is 31.6 Å². The van der Waals surface area contributed by atoms with E-state index in [1.807, 2.05) is 0 Å². The highest BCUT2D eigenvalue weighted by Gasteiger charge is 2.30. The van der Waals surface area contributed by atoms with Crippen LogP contribution in [0.4, 0.5) is 0 Å². The fourth-order valence-corrected chi connectivity index (χ4v) is 3.48.